The number of nitrogens with zero attached hydrogens (tertiary/aromatic N) is 2. The summed E-state index contributed by atoms with van der Waals surface area (Å²) >= 11 is 1.53. The van der Waals surface area contributed by atoms with E-state index in [4.69, 9.17) is 10.2 Å². The lowest BCUT2D eigenvalue weighted by molar-refractivity contribution is 0.0710. The second-order valence-corrected chi connectivity index (χ2v) is 5.26. The number of aliphatic hydroxyl groups is 2. The normalized spacial score (nSPS) is 10.6. The van der Waals surface area contributed by atoms with Crippen LogP contribution < -0.4 is 0 Å². The van der Waals surface area contributed by atoms with Crippen LogP contribution in [0.5, 0.6) is 0 Å². The molecule has 1 amide bonds. The van der Waals surface area contributed by atoms with Crippen molar-refractivity contribution in [2.75, 3.05) is 26.3 Å². The molecule has 5 nitrogen and oxygen atoms in total. The van der Waals surface area contributed by atoms with Crippen LogP contribution in [-0.2, 0) is 0 Å². The zero-order chi connectivity index (χ0) is 15.1. The van der Waals surface area contributed by atoms with Crippen LogP contribution in [0.15, 0.2) is 35.2 Å². The van der Waals surface area contributed by atoms with Gasteiger partial charge in [-0.25, -0.2) is 4.98 Å². The number of aromatic nitrogens is 1. The highest BCUT2D eigenvalue weighted by Gasteiger charge is 2.15. The SMILES string of the molecule is O=C(c1ccc(-c2cscn2)cc1)N(CCO)CCCO. The Labute approximate surface area is 127 Å². The molecule has 0 radical (unpaired) electrons. The van der Waals surface area contributed by atoms with Crippen LogP contribution in [0.4, 0.5) is 0 Å². The molecule has 0 saturated heterocycles. The fraction of sp³-hybridized carbons (Fsp3) is 0.333. The molecule has 2 N–H and O–H groups in total. The average molecular weight is 306 g/mol. The van der Waals surface area contributed by atoms with E-state index in [1.807, 2.05) is 17.5 Å². The number of thiazole rings is 1. The molecule has 112 valence electrons. The number of carbonyl (C=O) groups excluding carboxylic acids is 1. The van der Waals surface area contributed by atoms with Gasteiger partial charge in [-0.1, -0.05) is 12.1 Å². The lowest BCUT2D eigenvalue weighted by Crippen LogP contribution is -2.34. The van der Waals surface area contributed by atoms with E-state index in [-0.39, 0.29) is 25.7 Å². The van der Waals surface area contributed by atoms with E-state index in [0.29, 0.717) is 18.5 Å². The van der Waals surface area contributed by atoms with Gasteiger partial charge in [-0.2, -0.15) is 0 Å². The predicted molar refractivity (Wildman–Crippen MR) is 82.2 cm³/mol. The Balaban J connectivity index is 2.10. The summed E-state index contributed by atoms with van der Waals surface area (Å²) in [5.74, 6) is -0.137. The first-order chi connectivity index (χ1) is 10.3. The van der Waals surface area contributed by atoms with E-state index >= 15 is 0 Å². The van der Waals surface area contributed by atoms with Crippen molar-refractivity contribution >= 4 is 17.2 Å². The highest BCUT2D eigenvalue weighted by molar-refractivity contribution is 7.07. The summed E-state index contributed by atoms with van der Waals surface area (Å²) in [6, 6.07) is 7.26. The van der Waals surface area contributed by atoms with Gasteiger partial charge in [0, 0.05) is 36.2 Å². The second kappa shape index (κ2) is 7.87. The molecule has 1 aromatic carbocycles. The number of amides is 1. The highest BCUT2D eigenvalue weighted by atomic mass is 32.1. The first-order valence-corrected chi connectivity index (χ1v) is 7.70. The molecule has 0 bridgehead atoms. The van der Waals surface area contributed by atoms with E-state index in [1.165, 1.54) is 11.3 Å². The van der Waals surface area contributed by atoms with Crippen LogP contribution in [0.2, 0.25) is 0 Å². The van der Waals surface area contributed by atoms with Gasteiger partial charge >= 0.3 is 0 Å². The quantitative estimate of drug-likeness (QED) is 0.815. The third-order valence-corrected chi connectivity index (χ3v) is 3.69. The van der Waals surface area contributed by atoms with Gasteiger partial charge in [0.05, 0.1) is 17.8 Å². The monoisotopic (exact) mass is 306 g/mol. The van der Waals surface area contributed by atoms with Gasteiger partial charge in [-0.3, -0.25) is 4.79 Å². The number of benzene rings is 1. The van der Waals surface area contributed by atoms with Gasteiger partial charge in [0.25, 0.3) is 5.91 Å². The predicted octanol–water partition coefficient (Wildman–Crippen LogP) is 1.63. The van der Waals surface area contributed by atoms with Crippen molar-refractivity contribution in [2.45, 2.75) is 6.42 Å². The molecule has 0 aliphatic carbocycles. The minimum Gasteiger partial charge on any atom is -0.396 e. The summed E-state index contributed by atoms with van der Waals surface area (Å²) in [6.07, 6.45) is 0.503. The molecule has 1 heterocycles. The molecule has 0 unspecified atom stereocenters. The standard InChI is InChI=1S/C15H18N2O3S/c18-8-1-6-17(7-9-19)15(20)13-4-2-12(3-5-13)14-10-21-11-16-14/h2-5,10-11,18-19H,1,6-9H2. The van der Waals surface area contributed by atoms with Crippen LogP contribution in [0.25, 0.3) is 11.3 Å². The van der Waals surface area contributed by atoms with Crippen LogP contribution in [-0.4, -0.2) is 52.3 Å². The largest absolute Gasteiger partial charge is 0.396 e. The number of aliphatic hydroxyl groups excluding tert-OH is 2. The Hall–Kier alpha value is -1.76. The topological polar surface area (TPSA) is 73.7 Å². The summed E-state index contributed by atoms with van der Waals surface area (Å²) in [5, 5.41) is 19.9. The van der Waals surface area contributed by atoms with Crippen molar-refractivity contribution in [3.8, 4) is 11.3 Å². The molecule has 0 fully saturated rings. The molecular formula is C15H18N2O3S. The summed E-state index contributed by atoms with van der Waals surface area (Å²) in [4.78, 5) is 18.1. The van der Waals surface area contributed by atoms with Crippen LogP contribution >= 0.6 is 11.3 Å². The van der Waals surface area contributed by atoms with Crippen molar-refractivity contribution in [1.82, 2.24) is 9.88 Å². The van der Waals surface area contributed by atoms with Gasteiger partial charge in [0.2, 0.25) is 0 Å². The Morgan fingerprint density at radius 1 is 1.14 bits per heavy atom. The van der Waals surface area contributed by atoms with E-state index in [9.17, 15) is 4.79 Å². The lowest BCUT2D eigenvalue weighted by Gasteiger charge is -2.21. The molecule has 1 aromatic heterocycles. The minimum absolute atomic E-state index is 0.0258. The van der Waals surface area contributed by atoms with Crippen LogP contribution in [0, 0.1) is 0 Å². The number of rotatable bonds is 7. The van der Waals surface area contributed by atoms with Gasteiger partial charge in [-0.15, -0.1) is 11.3 Å². The molecule has 2 aromatic rings. The Morgan fingerprint density at radius 3 is 2.48 bits per heavy atom. The van der Waals surface area contributed by atoms with E-state index < -0.39 is 0 Å². The molecular weight excluding hydrogens is 288 g/mol. The molecule has 0 aliphatic heterocycles. The number of carbonyl (C=O) groups is 1. The van der Waals surface area contributed by atoms with Gasteiger partial charge in [0.15, 0.2) is 0 Å². The summed E-state index contributed by atoms with van der Waals surface area (Å²) in [7, 11) is 0. The molecule has 2 rings (SSSR count). The fourth-order valence-electron chi connectivity index (χ4n) is 2.02. The molecule has 0 aliphatic rings. The molecule has 21 heavy (non-hydrogen) atoms. The van der Waals surface area contributed by atoms with Crippen LogP contribution in [0.3, 0.4) is 0 Å². The van der Waals surface area contributed by atoms with Gasteiger partial charge in [-0.05, 0) is 18.6 Å². The minimum atomic E-state index is -0.137. The summed E-state index contributed by atoms with van der Waals surface area (Å²) < 4.78 is 0. The average Bonchev–Trinajstić information content (AvgIpc) is 3.05. The smallest absolute Gasteiger partial charge is 0.253 e. The summed E-state index contributed by atoms with van der Waals surface area (Å²) in [5.41, 5.74) is 4.20. The van der Waals surface area contributed by atoms with Crippen molar-refractivity contribution in [3.63, 3.8) is 0 Å². The molecule has 6 heteroatoms. The van der Waals surface area contributed by atoms with Crippen LogP contribution in [0.1, 0.15) is 16.8 Å². The van der Waals surface area contributed by atoms with Crippen molar-refractivity contribution in [3.05, 3.63) is 40.7 Å². The molecule has 0 saturated carbocycles. The maximum Gasteiger partial charge on any atom is 0.253 e. The van der Waals surface area contributed by atoms with Crippen molar-refractivity contribution < 1.29 is 15.0 Å². The van der Waals surface area contributed by atoms with E-state index in [0.717, 1.165) is 11.3 Å². The number of hydrogen-bond donors (Lipinski definition) is 2. The maximum atomic E-state index is 12.4. The highest BCUT2D eigenvalue weighted by Crippen LogP contribution is 2.20. The lowest BCUT2D eigenvalue weighted by atomic mass is 10.1. The Kier molecular flexibility index (Phi) is 5.86. The van der Waals surface area contributed by atoms with Crippen molar-refractivity contribution in [2.24, 2.45) is 0 Å². The molecule has 0 spiro atoms. The zero-order valence-electron chi connectivity index (χ0n) is 11.6. The fourth-order valence-corrected chi connectivity index (χ4v) is 2.58. The van der Waals surface area contributed by atoms with E-state index in [1.54, 1.807) is 22.5 Å². The third-order valence-electron chi connectivity index (χ3n) is 3.10. The Bertz CT molecular complexity index is 555. The summed E-state index contributed by atoms with van der Waals surface area (Å²) in [6.45, 7) is 0.641. The third kappa shape index (κ3) is 4.10. The first kappa shape index (κ1) is 15.6. The first-order valence-electron chi connectivity index (χ1n) is 6.76. The van der Waals surface area contributed by atoms with E-state index in [2.05, 4.69) is 4.98 Å². The zero-order valence-corrected chi connectivity index (χ0v) is 12.4. The van der Waals surface area contributed by atoms with Crippen molar-refractivity contribution in [1.29, 1.82) is 0 Å². The van der Waals surface area contributed by atoms with Gasteiger partial charge in [0.1, 0.15) is 0 Å². The molecule has 0 atom stereocenters. The number of hydrogen-bond acceptors (Lipinski definition) is 5. The Morgan fingerprint density at radius 2 is 1.90 bits per heavy atom. The van der Waals surface area contributed by atoms with Gasteiger partial charge < -0.3 is 15.1 Å². The maximum absolute atomic E-state index is 12.4. The second-order valence-electron chi connectivity index (χ2n) is 4.54.